The van der Waals surface area contributed by atoms with Crippen molar-refractivity contribution in [1.29, 1.82) is 0 Å². The molecule has 0 bridgehead atoms. The van der Waals surface area contributed by atoms with Gasteiger partial charge >= 0.3 is 17.9 Å². The van der Waals surface area contributed by atoms with E-state index in [1.165, 1.54) is 103 Å². The molecule has 2 unspecified atom stereocenters. The fraction of sp³-hybridized carbons (Fsp3) is 0.717. The van der Waals surface area contributed by atoms with Crippen molar-refractivity contribution in [3.63, 3.8) is 0 Å². The molecule has 0 aromatic heterocycles. The highest BCUT2D eigenvalue weighted by molar-refractivity contribution is 5.72. The lowest BCUT2D eigenvalue weighted by Crippen LogP contribution is -2.34. The lowest BCUT2D eigenvalue weighted by Gasteiger charge is -2.28. The van der Waals surface area contributed by atoms with E-state index >= 15 is 0 Å². The average Bonchev–Trinajstić information content (AvgIpc) is 3.28. The zero-order chi connectivity index (χ0) is 44.0. The van der Waals surface area contributed by atoms with E-state index in [4.69, 9.17) is 14.2 Å². The van der Waals surface area contributed by atoms with E-state index in [9.17, 15) is 19.5 Å². The molecule has 3 rings (SSSR count). The van der Waals surface area contributed by atoms with E-state index in [1.54, 1.807) is 0 Å². The Bertz CT molecular complexity index is 1330. The molecule has 0 radical (unpaired) electrons. The molecule has 2 atom stereocenters. The number of likely N-dealkylation sites (tertiary alicyclic amines) is 1. The minimum Gasteiger partial charge on any atom is -0.465 e. The van der Waals surface area contributed by atoms with Crippen LogP contribution in [0, 0.1) is 17.8 Å². The Balaban J connectivity index is 0.000000440. The molecule has 1 heterocycles. The average molecular weight is 850 g/mol. The second-order valence-corrected chi connectivity index (χ2v) is 17.7. The predicted octanol–water partition coefficient (Wildman–Crippen LogP) is 13.0. The van der Waals surface area contributed by atoms with Crippen LogP contribution in [-0.2, 0) is 41.8 Å². The largest absolute Gasteiger partial charge is 0.465 e. The second kappa shape index (κ2) is 37.3. The van der Waals surface area contributed by atoms with E-state index in [0.29, 0.717) is 44.5 Å². The number of carbonyl (C=O) groups excluding carboxylic acids is 3. The van der Waals surface area contributed by atoms with E-state index < -0.39 is 0 Å². The number of piperidine rings is 1. The number of aliphatic hydroxyl groups excluding tert-OH is 1. The van der Waals surface area contributed by atoms with Crippen LogP contribution < -0.4 is 0 Å². The molecule has 61 heavy (non-hydrogen) atoms. The predicted molar refractivity (Wildman–Crippen MR) is 250 cm³/mol. The van der Waals surface area contributed by atoms with Crippen molar-refractivity contribution < 1.29 is 33.7 Å². The molecule has 0 amide bonds. The number of esters is 3. The third-order valence-electron chi connectivity index (χ3n) is 12.2. The molecule has 8 nitrogen and oxygen atoms in total. The normalized spacial score (nSPS) is 14.1. The summed E-state index contributed by atoms with van der Waals surface area (Å²) in [6.07, 6.45) is 29.1. The van der Waals surface area contributed by atoms with Crippen LogP contribution in [0.5, 0.6) is 0 Å². The molecule has 2 aromatic carbocycles. The van der Waals surface area contributed by atoms with Crippen LogP contribution in [0.4, 0.5) is 0 Å². The molecule has 8 heteroatoms. The Morgan fingerprint density at radius 3 is 1.39 bits per heavy atom. The van der Waals surface area contributed by atoms with Crippen molar-refractivity contribution in [3.8, 4) is 0 Å². The van der Waals surface area contributed by atoms with E-state index in [0.717, 1.165) is 75.6 Å². The van der Waals surface area contributed by atoms with Crippen molar-refractivity contribution >= 4 is 17.9 Å². The highest BCUT2D eigenvalue weighted by Crippen LogP contribution is 2.23. The van der Waals surface area contributed by atoms with Gasteiger partial charge in [0.05, 0.1) is 12.5 Å². The lowest BCUT2D eigenvalue weighted by molar-refractivity contribution is -0.152. The van der Waals surface area contributed by atoms with Crippen molar-refractivity contribution in [2.75, 3.05) is 33.4 Å². The molecule has 0 aliphatic carbocycles. The second-order valence-electron chi connectivity index (χ2n) is 17.7. The molecule has 1 aliphatic heterocycles. The standard InChI is InChI=1S/C30H49NO4.C23H38O3/c1-3-4-5-6-7-8-9-11-15-27(25-35-30(33)28-20-22-31(2)23-21-28)18-14-19-29(32)34-24-26-16-12-10-13-17-26;1-2-3-4-5-6-7-8-10-14-21(19-24)17-13-18-23(25)26-20-22-15-11-9-12-16-22/h10,12-13,16-17,27-28H,3-9,11,14-15,18-25H2,1-2H3;9,11-12,15-16,21,24H,2-8,10,13-14,17-20H2,1H3. The van der Waals surface area contributed by atoms with Crippen molar-refractivity contribution in [2.45, 2.75) is 194 Å². The van der Waals surface area contributed by atoms with Gasteiger partial charge in [-0.2, -0.15) is 0 Å². The maximum Gasteiger partial charge on any atom is 0.309 e. The smallest absolute Gasteiger partial charge is 0.309 e. The van der Waals surface area contributed by atoms with Crippen molar-refractivity contribution in [2.24, 2.45) is 17.8 Å². The van der Waals surface area contributed by atoms with Gasteiger partial charge in [0.1, 0.15) is 13.2 Å². The molecular weight excluding hydrogens is 763 g/mol. The minimum absolute atomic E-state index is 0.0266. The van der Waals surface area contributed by atoms with Crippen LogP contribution >= 0.6 is 0 Å². The summed E-state index contributed by atoms with van der Waals surface area (Å²) in [5.74, 6) is 0.383. The Kier molecular flexibility index (Phi) is 33.0. The van der Waals surface area contributed by atoms with Gasteiger partial charge in [-0.1, -0.05) is 177 Å². The van der Waals surface area contributed by atoms with Gasteiger partial charge in [0, 0.05) is 19.4 Å². The van der Waals surface area contributed by atoms with Crippen LogP contribution in [0.1, 0.15) is 192 Å². The topological polar surface area (TPSA) is 102 Å². The molecule has 1 N–H and O–H groups in total. The number of aliphatic hydroxyl groups is 1. The first-order chi connectivity index (χ1) is 29.8. The van der Waals surface area contributed by atoms with E-state index in [-0.39, 0.29) is 30.4 Å². The Hall–Kier alpha value is -3.23. The van der Waals surface area contributed by atoms with E-state index in [1.807, 2.05) is 60.7 Å². The molecule has 0 saturated carbocycles. The van der Waals surface area contributed by atoms with Gasteiger partial charge in [-0.05, 0) is 94.5 Å². The number of unbranched alkanes of at least 4 members (excludes halogenated alkanes) is 14. The number of benzene rings is 2. The van der Waals surface area contributed by atoms with Gasteiger partial charge in [-0.25, -0.2) is 0 Å². The summed E-state index contributed by atoms with van der Waals surface area (Å²) in [6, 6.07) is 19.5. The Morgan fingerprint density at radius 1 is 0.557 bits per heavy atom. The summed E-state index contributed by atoms with van der Waals surface area (Å²) in [6.45, 7) is 7.83. The Labute approximate surface area is 372 Å². The lowest BCUT2D eigenvalue weighted by atomic mass is 9.95. The van der Waals surface area contributed by atoms with Crippen LogP contribution in [0.25, 0.3) is 0 Å². The van der Waals surface area contributed by atoms with Gasteiger partial charge in [-0.15, -0.1) is 0 Å². The van der Waals surface area contributed by atoms with Crippen LogP contribution in [0.3, 0.4) is 0 Å². The van der Waals surface area contributed by atoms with Crippen LogP contribution in [-0.4, -0.2) is 61.3 Å². The van der Waals surface area contributed by atoms with Gasteiger partial charge < -0.3 is 24.2 Å². The van der Waals surface area contributed by atoms with Gasteiger partial charge in [0.25, 0.3) is 0 Å². The molecule has 2 aromatic rings. The SMILES string of the molecule is CCCCCCCCCCC(CCCC(=O)OCc1ccccc1)COC(=O)C1CCN(C)CC1.CCCCCCCCCCC(CO)CCCC(=O)OCc1ccccc1. The quantitative estimate of drug-likeness (QED) is 0.0422. The zero-order valence-electron chi connectivity index (χ0n) is 39.0. The number of hydrogen-bond donors (Lipinski definition) is 1. The maximum absolute atomic E-state index is 12.6. The van der Waals surface area contributed by atoms with Gasteiger partial charge in [-0.3, -0.25) is 14.4 Å². The first kappa shape index (κ1) is 53.9. The highest BCUT2D eigenvalue weighted by atomic mass is 16.5. The summed E-state index contributed by atoms with van der Waals surface area (Å²) < 4.78 is 16.5. The van der Waals surface area contributed by atoms with Crippen molar-refractivity contribution in [1.82, 2.24) is 4.90 Å². The third kappa shape index (κ3) is 29.7. The van der Waals surface area contributed by atoms with Crippen LogP contribution in [0.15, 0.2) is 60.7 Å². The van der Waals surface area contributed by atoms with Crippen LogP contribution in [0.2, 0.25) is 0 Å². The number of rotatable bonds is 34. The number of carbonyl (C=O) groups is 3. The third-order valence-corrected chi connectivity index (χ3v) is 12.2. The minimum atomic E-state index is -0.150. The summed E-state index contributed by atoms with van der Waals surface area (Å²) >= 11 is 0. The summed E-state index contributed by atoms with van der Waals surface area (Å²) in [4.78, 5) is 38.9. The summed E-state index contributed by atoms with van der Waals surface area (Å²) in [5.41, 5.74) is 2.03. The number of hydrogen-bond acceptors (Lipinski definition) is 8. The summed E-state index contributed by atoms with van der Waals surface area (Å²) in [7, 11) is 2.10. The molecular formula is C53H87NO7. The van der Waals surface area contributed by atoms with Crippen molar-refractivity contribution in [3.05, 3.63) is 71.8 Å². The first-order valence-corrected chi connectivity index (χ1v) is 24.7. The zero-order valence-corrected chi connectivity index (χ0v) is 39.0. The summed E-state index contributed by atoms with van der Waals surface area (Å²) in [5, 5.41) is 9.53. The maximum atomic E-state index is 12.6. The number of nitrogens with zero attached hydrogens (tertiary/aromatic N) is 1. The first-order valence-electron chi connectivity index (χ1n) is 24.7. The number of ether oxygens (including phenoxy) is 3. The van der Waals surface area contributed by atoms with Gasteiger partial charge in [0.15, 0.2) is 0 Å². The molecule has 1 saturated heterocycles. The Morgan fingerprint density at radius 2 is 0.951 bits per heavy atom. The molecule has 0 spiro atoms. The fourth-order valence-corrected chi connectivity index (χ4v) is 8.02. The molecule has 1 aliphatic rings. The van der Waals surface area contributed by atoms with Gasteiger partial charge in [0.2, 0.25) is 0 Å². The molecule has 1 fully saturated rings. The highest BCUT2D eigenvalue weighted by Gasteiger charge is 2.25. The fourth-order valence-electron chi connectivity index (χ4n) is 8.02. The molecule has 346 valence electrons. The van der Waals surface area contributed by atoms with E-state index in [2.05, 4.69) is 25.8 Å². The monoisotopic (exact) mass is 850 g/mol.